The highest BCUT2D eigenvalue weighted by Gasteiger charge is 2.30. The van der Waals surface area contributed by atoms with Gasteiger partial charge in [0.05, 0.1) is 31.4 Å². The van der Waals surface area contributed by atoms with Crippen LogP contribution in [0.25, 0.3) is 10.9 Å². The maximum Gasteiger partial charge on any atom is 0.217 e. The molecule has 2 heterocycles. The molecule has 3 aromatic rings. The second-order valence-corrected chi connectivity index (χ2v) is 7.40. The van der Waals surface area contributed by atoms with Crippen LogP contribution in [0.15, 0.2) is 30.3 Å². The van der Waals surface area contributed by atoms with E-state index in [1.807, 2.05) is 30.3 Å². The number of methoxy groups -OCH3 is 2. The average Bonchev–Trinajstić information content (AvgIpc) is 2.77. The summed E-state index contributed by atoms with van der Waals surface area (Å²) in [4.78, 5) is 16.4. The van der Waals surface area contributed by atoms with Gasteiger partial charge in [-0.3, -0.25) is 4.79 Å². The molecule has 7 heteroatoms. The first-order valence-electron chi connectivity index (χ1n) is 10.0. The Morgan fingerprint density at radius 1 is 0.933 bits per heavy atom. The third-order valence-electron chi connectivity index (χ3n) is 5.52. The Balaban J connectivity index is 1.73. The van der Waals surface area contributed by atoms with Crippen molar-refractivity contribution in [2.24, 2.45) is 0 Å². The summed E-state index contributed by atoms with van der Waals surface area (Å²) in [5.74, 6) is 2.84. The predicted molar refractivity (Wildman–Crippen MR) is 112 cm³/mol. The molecule has 154 valence electrons. The highest BCUT2D eigenvalue weighted by Crippen LogP contribution is 2.40. The topological polar surface area (TPSA) is 80.2 Å². The molecule has 0 fully saturated rings. The van der Waals surface area contributed by atoms with Crippen LogP contribution < -0.4 is 29.2 Å². The molecule has 5 rings (SSSR count). The van der Waals surface area contributed by atoms with Gasteiger partial charge in [-0.2, -0.15) is 0 Å². The minimum absolute atomic E-state index is 0.127. The monoisotopic (exact) mass is 407 g/mol. The maximum atomic E-state index is 12.9. The molecule has 2 N–H and O–H groups in total. The second kappa shape index (κ2) is 7.40. The van der Waals surface area contributed by atoms with Crippen LogP contribution in [-0.2, 0) is 6.42 Å². The molecule has 7 nitrogen and oxygen atoms in total. The summed E-state index contributed by atoms with van der Waals surface area (Å²) in [6, 6.07) is 9.44. The summed E-state index contributed by atoms with van der Waals surface area (Å²) in [5, 5.41) is 4.33. The molecule has 2 aliphatic rings. The lowest BCUT2D eigenvalue weighted by molar-refractivity contribution is -0.358. The summed E-state index contributed by atoms with van der Waals surface area (Å²) < 4.78 is 22.3. The number of aromatic amines is 1. The van der Waals surface area contributed by atoms with E-state index in [-0.39, 0.29) is 5.78 Å². The molecular weight excluding hydrogens is 384 g/mol. The normalized spacial score (nSPS) is 14.9. The van der Waals surface area contributed by atoms with Crippen molar-refractivity contribution in [3.05, 3.63) is 41.6 Å². The SMILES string of the molecule is COc1cc(Nc2c3c([nH+]c4cc5c(cc24)OCCO5)CCCC3=O)cc(OC)c1. The van der Waals surface area contributed by atoms with Gasteiger partial charge in [0.2, 0.25) is 5.52 Å². The Bertz CT molecular complexity index is 1140. The summed E-state index contributed by atoms with van der Waals surface area (Å²) in [6.45, 7) is 1.03. The quantitative estimate of drug-likeness (QED) is 0.710. The first-order chi connectivity index (χ1) is 14.7. The van der Waals surface area contributed by atoms with Crippen molar-refractivity contribution in [2.45, 2.75) is 19.3 Å². The molecule has 2 aromatic carbocycles. The fraction of sp³-hybridized carbons (Fsp3) is 0.304. The third-order valence-corrected chi connectivity index (χ3v) is 5.52. The fourth-order valence-corrected chi connectivity index (χ4v) is 4.11. The first kappa shape index (κ1) is 18.5. The number of carbonyl (C=O) groups excluding carboxylic acids is 1. The number of pyridine rings is 1. The number of aromatic nitrogens is 1. The van der Waals surface area contributed by atoms with Gasteiger partial charge in [-0.05, 0) is 6.42 Å². The first-order valence-corrected chi connectivity index (χ1v) is 10.0. The molecule has 0 spiro atoms. The standard InChI is InChI=1S/C23H22N2O5/c1-27-14-8-13(9-15(10-14)28-2)24-23-16-11-20-21(30-7-6-29-20)12-18(16)25-17-4-3-5-19(26)22(17)23/h8-12H,3-7H2,1-2H3,(H,24,25)/p+1. The summed E-state index contributed by atoms with van der Waals surface area (Å²) >= 11 is 0. The number of anilines is 2. The Labute approximate surface area is 173 Å². The van der Waals surface area contributed by atoms with Crippen LogP contribution in [0.4, 0.5) is 11.4 Å². The third kappa shape index (κ3) is 3.16. The molecule has 1 aliphatic heterocycles. The van der Waals surface area contributed by atoms with Crippen LogP contribution in [0.3, 0.4) is 0 Å². The minimum Gasteiger partial charge on any atom is -0.497 e. The maximum absolute atomic E-state index is 12.9. The van der Waals surface area contributed by atoms with Crippen molar-refractivity contribution in [3.8, 4) is 23.0 Å². The van der Waals surface area contributed by atoms with E-state index < -0.39 is 0 Å². The number of hydrogen-bond donors (Lipinski definition) is 1. The van der Waals surface area contributed by atoms with Gasteiger partial charge >= 0.3 is 0 Å². The minimum atomic E-state index is 0.127. The van der Waals surface area contributed by atoms with Gasteiger partial charge in [0, 0.05) is 42.8 Å². The number of Topliss-reactive ketones (excluding diaryl/α,β-unsaturated/α-hetero) is 1. The molecule has 0 unspecified atom stereocenters. The van der Waals surface area contributed by atoms with Crippen molar-refractivity contribution in [2.75, 3.05) is 32.8 Å². The molecule has 0 saturated carbocycles. The molecule has 0 radical (unpaired) electrons. The summed E-state index contributed by atoms with van der Waals surface area (Å²) in [5.41, 5.74) is 4.06. The second-order valence-electron chi connectivity index (χ2n) is 7.40. The zero-order chi connectivity index (χ0) is 20.7. The average molecular weight is 407 g/mol. The van der Waals surface area contributed by atoms with Crippen molar-refractivity contribution < 1.29 is 28.7 Å². The van der Waals surface area contributed by atoms with Crippen LogP contribution in [0.1, 0.15) is 28.9 Å². The van der Waals surface area contributed by atoms with E-state index >= 15 is 0 Å². The molecule has 0 saturated heterocycles. The number of carbonyl (C=O) groups is 1. The van der Waals surface area contributed by atoms with E-state index in [1.165, 1.54) is 0 Å². The Morgan fingerprint density at radius 3 is 2.33 bits per heavy atom. The Hall–Kier alpha value is -3.48. The lowest BCUT2D eigenvalue weighted by atomic mass is 9.91. The van der Waals surface area contributed by atoms with Crippen LogP contribution in [0, 0.1) is 0 Å². The number of hydrogen-bond acceptors (Lipinski definition) is 6. The van der Waals surface area contributed by atoms with Gasteiger partial charge in [0.15, 0.2) is 23.0 Å². The van der Waals surface area contributed by atoms with E-state index in [2.05, 4.69) is 10.3 Å². The van der Waals surface area contributed by atoms with E-state index in [4.69, 9.17) is 18.9 Å². The van der Waals surface area contributed by atoms with Gasteiger partial charge in [-0.15, -0.1) is 0 Å². The van der Waals surface area contributed by atoms with Gasteiger partial charge in [-0.25, -0.2) is 4.98 Å². The van der Waals surface area contributed by atoms with Gasteiger partial charge < -0.3 is 24.3 Å². The van der Waals surface area contributed by atoms with Gasteiger partial charge in [-0.1, -0.05) is 0 Å². The number of fused-ring (bicyclic) bond motifs is 3. The van der Waals surface area contributed by atoms with Gasteiger partial charge in [0.25, 0.3) is 0 Å². The molecule has 0 bridgehead atoms. The number of ketones is 1. The van der Waals surface area contributed by atoms with Crippen molar-refractivity contribution >= 4 is 28.1 Å². The molecule has 30 heavy (non-hydrogen) atoms. The van der Waals surface area contributed by atoms with Crippen LogP contribution in [0.5, 0.6) is 23.0 Å². The number of rotatable bonds is 4. The number of aryl methyl sites for hydroxylation is 1. The Morgan fingerprint density at radius 2 is 1.63 bits per heavy atom. The van der Waals surface area contributed by atoms with Crippen molar-refractivity contribution in [3.63, 3.8) is 0 Å². The largest absolute Gasteiger partial charge is 0.497 e. The predicted octanol–water partition coefficient (Wildman–Crippen LogP) is 3.70. The van der Waals surface area contributed by atoms with Gasteiger partial charge in [0.1, 0.15) is 30.3 Å². The molecule has 1 aromatic heterocycles. The lowest BCUT2D eigenvalue weighted by Crippen LogP contribution is -2.25. The van der Waals surface area contributed by atoms with E-state index in [0.717, 1.165) is 40.8 Å². The summed E-state index contributed by atoms with van der Waals surface area (Å²) in [6.07, 6.45) is 2.19. The smallest absolute Gasteiger partial charge is 0.217 e. The zero-order valence-electron chi connectivity index (χ0n) is 17.0. The van der Waals surface area contributed by atoms with E-state index in [0.29, 0.717) is 48.2 Å². The van der Waals surface area contributed by atoms with E-state index in [9.17, 15) is 4.79 Å². The molecule has 1 aliphatic carbocycles. The molecule has 0 amide bonds. The number of nitrogens with one attached hydrogen (secondary N) is 2. The van der Waals surface area contributed by atoms with E-state index in [1.54, 1.807) is 14.2 Å². The number of benzene rings is 2. The van der Waals surface area contributed by atoms with Crippen LogP contribution in [-0.4, -0.2) is 33.2 Å². The van der Waals surface area contributed by atoms with Crippen LogP contribution in [0.2, 0.25) is 0 Å². The zero-order valence-corrected chi connectivity index (χ0v) is 17.0. The number of ether oxygens (including phenoxy) is 4. The lowest BCUT2D eigenvalue weighted by Gasteiger charge is -2.21. The van der Waals surface area contributed by atoms with Crippen LogP contribution >= 0.6 is 0 Å². The molecule has 0 atom stereocenters. The highest BCUT2D eigenvalue weighted by molar-refractivity contribution is 6.10. The Kier molecular flexibility index (Phi) is 4.58. The number of H-pyrrole nitrogens is 1. The summed E-state index contributed by atoms with van der Waals surface area (Å²) in [7, 11) is 3.22. The molecular formula is C23H23N2O5+. The highest BCUT2D eigenvalue weighted by atomic mass is 16.6. The fourth-order valence-electron chi connectivity index (χ4n) is 4.11. The van der Waals surface area contributed by atoms with Crippen molar-refractivity contribution in [1.29, 1.82) is 0 Å². The van der Waals surface area contributed by atoms with Crippen molar-refractivity contribution in [1.82, 2.24) is 0 Å².